The summed E-state index contributed by atoms with van der Waals surface area (Å²) in [5, 5.41) is 3.11. The summed E-state index contributed by atoms with van der Waals surface area (Å²) in [5.74, 6) is -1.47. The van der Waals surface area contributed by atoms with Crippen molar-refractivity contribution in [2.45, 2.75) is 38.0 Å². The summed E-state index contributed by atoms with van der Waals surface area (Å²) < 4.78 is 27.2. The van der Waals surface area contributed by atoms with Crippen LogP contribution in [0.5, 0.6) is 0 Å². The van der Waals surface area contributed by atoms with Gasteiger partial charge in [-0.05, 0) is 35.9 Å². The zero-order chi connectivity index (χ0) is 12.5. The first-order valence-electron chi connectivity index (χ1n) is 5.66. The van der Waals surface area contributed by atoms with Crippen molar-refractivity contribution in [1.82, 2.24) is 9.97 Å². The van der Waals surface area contributed by atoms with E-state index < -0.39 is 5.92 Å². The van der Waals surface area contributed by atoms with E-state index in [4.69, 9.17) is 0 Å². The predicted molar refractivity (Wildman–Crippen MR) is 70.5 cm³/mol. The van der Waals surface area contributed by atoms with Crippen LogP contribution in [0.1, 0.15) is 37.9 Å². The van der Waals surface area contributed by atoms with E-state index in [9.17, 15) is 8.78 Å². The molecule has 1 atom stereocenters. The molecule has 1 saturated carbocycles. The molecular formula is C11H14F2IN3. The van der Waals surface area contributed by atoms with Crippen LogP contribution in [0.15, 0.2) is 6.20 Å². The lowest BCUT2D eigenvalue weighted by molar-refractivity contribution is 0.00754. The van der Waals surface area contributed by atoms with Gasteiger partial charge in [-0.25, -0.2) is 18.7 Å². The molecule has 0 saturated heterocycles. The molecule has 1 N–H and O–H groups in total. The zero-order valence-corrected chi connectivity index (χ0v) is 11.7. The molecule has 0 radical (unpaired) electrons. The molecule has 1 aliphatic rings. The Morgan fingerprint density at radius 1 is 1.59 bits per heavy atom. The van der Waals surface area contributed by atoms with Gasteiger partial charge in [0.2, 0.25) is 5.92 Å². The fourth-order valence-corrected chi connectivity index (χ4v) is 2.49. The van der Waals surface area contributed by atoms with Crippen molar-refractivity contribution in [2.75, 3.05) is 11.9 Å². The first-order chi connectivity index (χ1) is 8.02. The minimum atomic E-state index is -2.55. The van der Waals surface area contributed by atoms with Crippen LogP contribution in [0.2, 0.25) is 0 Å². The standard InChI is InChI=1S/C11H14F2IN3/c1-2-15-10-8(14)6-16-9(17-10)7-3-4-11(12,13)5-7/h6-7H,2-5H2,1H3,(H,15,16,17). The van der Waals surface area contributed by atoms with Gasteiger partial charge >= 0.3 is 0 Å². The Morgan fingerprint density at radius 3 is 2.94 bits per heavy atom. The smallest absolute Gasteiger partial charge is 0.248 e. The van der Waals surface area contributed by atoms with Crippen molar-refractivity contribution in [2.24, 2.45) is 0 Å². The lowest BCUT2D eigenvalue weighted by Crippen LogP contribution is -2.11. The summed E-state index contributed by atoms with van der Waals surface area (Å²) >= 11 is 2.13. The number of rotatable bonds is 3. The van der Waals surface area contributed by atoms with Crippen molar-refractivity contribution in [3.63, 3.8) is 0 Å². The maximum absolute atomic E-state index is 13.1. The molecule has 1 aliphatic carbocycles. The minimum absolute atomic E-state index is 0.0520. The lowest BCUT2D eigenvalue weighted by Gasteiger charge is -2.12. The molecule has 1 aromatic rings. The summed E-state index contributed by atoms with van der Waals surface area (Å²) in [6, 6.07) is 0. The maximum Gasteiger partial charge on any atom is 0.248 e. The number of nitrogens with one attached hydrogen (secondary N) is 1. The number of halogens is 3. The van der Waals surface area contributed by atoms with Crippen LogP contribution in [0.25, 0.3) is 0 Å². The third-order valence-corrected chi connectivity index (χ3v) is 3.67. The first kappa shape index (κ1) is 12.9. The fraction of sp³-hybridized carbons (Fsp3) is 0.636. The van der Waals surface area contributed by atoms with E-state index in [1.165, 1.54) is 0 Å². The summed E-state index contributed by atoms with van der Waals surface area (Å²) in [5.41, 5.74) is 0. The Morgan fingerprint density at radius 2 is 2.35 bits per heavy atom. The molecule has 0 bridgehead atoms. The minimum Gasteiger partial charge on any atom is -0.369 e. The average molecular weight is 353 g/mol. The SMILES string of the molecule is CCNc1nc(C2CCC(F)(F)C2)ncc1I. The van der Waals surface area contributed by atoms with E-state index in [1.54, 1.807) is 6.20 Å². The average Bonchev–Trinajstić information content (AvgIpc) is 2.62. The van der Waals surface area contributed by atoms with E-state index in [1.807, 2.05) is 6.92 Å². The molecule has 6 heteroatoms. The Labute approximate surface area is 113 Å². The van der Waals surface area contributed by atoms with Gasteiger partial charge in [0.1, 0.15) is 11.6 Å². The molecule has 0 amide bonds. The van der Waals surface area contributed by atoms with Gasteiger partial charge in [-0.1, -0.05) is 0 Å². The molecule has 0 spiro atoms. The molecule has 0 aliphatic heterocycles. The van der Waals surface area contributed by atoms with Gasteiger partial charge in [0.15, 0.2) is 0 Å². The van der Waals surface area contributed by atoms with Crippen molar-refractivity contribution in [1.29, 1.82) is 0 Å². The second kappa shape index (κ2) is 4.99. The predicted octanol–water partition coefficient (Wildman–Crippen LogP) is 3.42. The molecular weight excluding hydrogens is 339 g/mol. The molecule has 2 rings (SSSR count). The van der Waals surface area contributed by atoms with Gasteiger partial charge in [-0.3, -0.25) is 0 Å². The van der Waals surface area contributed by atoms with Crippen molar-refractivity contribution < 1.29 is 8.78 Å². The van der Waals surface area contributed by atoms with Crippen LogP contribution in [-0.4, -0.2) is 22.4 Å². The molecule has 0 aromatic carbocycles. The number of aromatic nitrogens is 2. The summed E-state index contributed by atoms with van der Waals surface area (Å²) in [7, 11) is 0. The van der Waals surface area contributed by atoms with Crippen LogP contribution in [0, 0.1) is 3.57 Å². The largest absolute Gasteiger partial charge is 0.369 e. The van der Waals surface area contributed by atoms with Crippen LogP contribution in [0.4, 0.5) is 14.6 Å². The van der Waals surface area contributed by atoms with Gasteiger partial charge in [0, 0.05) is 31.5 Å². The second-order valence-corrected chi connectivity index (χ2v) is 5.41. The van der Waals surface area contributed by atoms with Crippen LogP contribution >= 0.6 is 22.6 Å². The number of alkyl halides is 2. The molecule has 1 heterocycles. The van der Waals surface area contributed by atoms with E-state index >= 15 is 0 Å². The van der Waals surface area contributed by atoms with Gasteiger partial charge in [0.25, 0.3) is 0 Å². The maximum atomic E-state index is 13.1. The van der Waals surface area contributed by atoms with Gasteiger partial charge in [-0.2, -0.15) is 0 Å². The number of nitrogens with zero attached hydrogens (tertiary/aromatic N) is 2. The highest BCUT2D eigenvalue weighted by Gasteiger charge is 2.41. The van der Waals surface area contributed by atoms with Crippen molar-refractivity contribution >= 4 is 28.4 Å². The Kier molecular flexibility index (Phi) is 3.79. The van der Waals surface area contributed by atoms with Crippen LogP contribution < -0.4 is 5.32 Å². The molecule has 94 valence electrons. The van der Waals surface area contributed by atoms with E-state index in [-0.39, 0.29) is 18.8 Å². The Bertz CT molecular complexity index is 412. The third kappa shape index (κ3) is 3.02. The lowest BCUT2D eigenvalue weighted by atomic mass is 10.1. The summed E-state index contributed by atoms with van der Waals surface area (Å²) in [6.45, 7) is 2.73. The van der Waals surface area contributed by atoms with Crippen LogP contribution in [0.3, 0.4) is 0 Å². The number of hydrogen-bond donors (Lipinski definition) is 1. The van der Waals surface area contributed by atoms with E-state index in [0.29, 0.717) is 12.2 Å². The Balaban J connectivity index is 2.19. The monoisotopic (exact) mass is 353 g/mol. The Hall–Kier alpha value is -0.530. The van der Waals surface area contributed by atoms with E-state index in [2.05, 4.69) is 37.9 Å². The highest BCUT2D eigenvalue weighted by molar-refractivity contribution is 14.1. The van der Waals surface area contributed by atoms with Gasteiger partial charge < -0.3 is 5.32 Å². The fourth-order valence-electron chi connectivity index (χ4n) is 2.04. The zero-order valence-electron chi connectivity index (χ0n) is 9.51. The summed E-state index contributed by atoms with van der Waals surface area (Å²) in [4.78, 5) is 8.52. The van der Waals surface area contributed by atoms with Gasteiger partial charge in [-0.15, -0.1) is 0 Å². The summed E-state index contributed by atoms with van der Waals surface area (Å²) in [6.07, 6.45) is 1.99. The highest BCUT2D eigenvalue weighted by atomic mass is 127. The van der Waals surface area contributed by atoms with Crippen molar-refractivity contribution in [3.05, 3.63) is 15.6 Å². The molecule has 1 unspecified atom stereocenters. The van der Waals surface area contributed by atoms with Crippen molar-refractivity contribution in [3.8, 4) is 0 Å². The second-order valence-electron chi connectivity index (χ2n) is 4.25. The van der Waals surface area contributed by atoms with Gasteiger partial charge in [0.05, 0.1) is 3.57 Å². The first-order valence-corrected chi connectivity index (χ1v) is 6.74. The molecule has 17 heavy (non-hydrogen) atoms. The molecule has 3 nitrogen and oxygen atoms in total. The van der Waals surface area contributed by atoms with E-state index in [0.717, 1.165) is 15.9 Å². The molecule has 1 fully saturated rings. The third-order valence-electron chi connectivity index (χ3n) is 2.88. The van der Waals surface area contributed by atoms with Crippen LogP contribution in [-0.2, 0) is 0 Å². The molecule has 1 aromatic heterocycles. The quantitative estimate of drug-likeness (QED) is 0.847. The topological polar surface area (TPSA) is 37.8 Å². The number of hydrogen-bond acceptors (Lipinski definition) is 3. The normalized spacial score (nSPS) is 22.7. The number of anilines is 1. The highest BCUT2D eigenvalue weighted by Crippen LogP contribution is 2.43.